The quantitative estimate of drug-likeness (QED) is 0.719. The molecule has 1 fully saturated rings. The summed E-state index contributed by atoms with van der Waals surface area (Å²) in [6, 6.07) is 11.3. The number of hydrogen-bond acceptors (Lipinski definition) is 4. The van der Waals surface area contributed by atoms with Gasteiger partial charge in [0.05, 0.1) is 4.88 Å². The summed E-state index contributed by atoms with van der Waals surface area (Å²) in [5, 5.41) is 1.86. The van der Waals surface area contributed by atoms with E-state index in [2.05, 4.69) is 6.92 Å². The van der Waals surface area contributed by atoms with Crippen LogP contribution in [0, 0.1) is 0 Å². The van der Waals surface area contributed by atoms with Crippen molar-refractivity contribution in [2.75, 3.05) is 26.2 Å². The minimum atomic E-state index is -0.0145. The Kier molecular flexibility index (Phi) is 6.40. The molecule has 1 aromatic carbocycles. The van der Waals surface area contributed by atoms with Crippen LogP contribution in [0.25, 0.3) is 0 Å². The third-order valence-corrected chi connectivity index (χ3v) is 5.80. The standard InChI is InChI=1S/C21H24N2O3S/c1-2-16-5-7-17(8-6-16)21(26)23-13-11-22(12-14-23)20(25)10-9-18(24)19-4-3-15-27-19/h3-8,15H,2,9-14H2,1H3. The van der Waals surface area contributed by atoms with Crippen molar-refractivity contribution < 1.29 is 14.4 Å². The summed E-state index contributed by atoms with van der Waals surface area (Å²) in [6.07, 6.45) is 1.41. The molecule has 142 valence electrons. The molecule has 27 heavy (non-hydrogen) atoms. The molecule has 0 saturated carbocycles. The molecule has 5 nitrogen and oxygen atoms in total. The van der Waals surface area contributed by atoms with Gasteiger partial charge < -0.3 is 9.80 Å². The lowest BCUT2D eigenvalue weighted by Gasteiger charge is -2.35. The van der Waals surface area contributed by atoms with Crippen LogP contribution < -0.4 is 0 Å². The van der Waals surface area contributed by atoms with E-state index in [0.717, 1.165) is 6.42 Å². The van der Waals surface area contributed by atoms with Crippen molar-refractivity contribution in [3.63, 3.8) is 0 Å². The van der Waals surface area contributed by atoms with Crippen LogP contribution in [0.2, 0.25) is 0 Å². The van der Waals surface area contributed by atoms with Crippen molar-refractivity contribution in [1.29, 1.82) is 0 Å². The van der Waals surface area contributed by atoms with Gasteiger partial charge in [-0.2, -0.15) is 0 Å². The van der Waals surface area contributed by atoms with Gasteiger partial charge in [0.25, 0.3) is 5.91 Å². The van der Waals surface area contributed by atoms with Gasteiger partial charge >= 0.3 is 0 Å². The Morgan fingerprint density at radius 2 is 1.59 bits per heavy atom. The summed E-state index contributed by atoms with van der Waals surface area (Å²) >= 11 is 1.40. The van der Waals surface area contributed by atoms with Crippen LogP contribution in [0.3, 0.4) is 0 Å². The van der Waals surface area contributed by atoms with Crippen molar-refractivity contribution in [2.24, 2.45) is 0 Å². The molecule has 6 heteroatoms. The summed E-state index contributed by atoms with van der Waals surface area (Å²) in [7, 11) is 0. The van der Waals surface area contributed by atoms with Gasteiger partial charge in [-0.1, -0.05) is 25.1 Å². The first-order valence-corrected chi connectivity index (χ1v) is 10.2. The minimum absolute atomic E-state index is 0.0117. The Morgan fingerprint density at radius 3 is 2.19 bits per heavy atom. The largest absolute Gasteiger partial charge is 0.339 e. The third kappa shape index (κ3) is 4.83. The summed E-state index contributed by atoms with van der Waals surface area (Å²) in [4.78, 5) is 41.2. The molecule has 1 saturated heterocycles. The van der Waals surface area contributed by atoms with E-state index >= 15 is 0 Å². The molecule has 1 aliphatic rings. The van der Waals surface area contributed by atoms with Crippen molar-refractivity contribution in [2.45, 2.75) is 26.2 Å². The maximum atomic E-state index is 12.6. The summed E-state index contributed by atoms with van der Waals surface area (Å²) in [5.41, 5.74) is 1.90. The van der Waals surface area contributed by atoms with Gasteiger partial charge in [-0.25, -0.2) is 0 Å². The Balaban J connectivity index is 1.46. The molecule has 2 amide bonds. The van der Waals surface area contributed by atoms with E-state index < -0.39 is 0 Å². The summed E-state index contributed by atoms with van der Waals surface area (Å²) in [5.74, 6) is 0.0135. The zero-order valence-electron chi connectivity index (χ0n) is 15.5. The van der Waals surface area contributed by atoms with Gasteiger partial charge in [0.15, 0.2) is 5.78 Å². The highest BCUT2D eigenvalue weighted by Crippen LogP contribution is 2.15. The number of thiophene rings is 1. The lowest BCUT2D eigenvalue weighted by Crippen LogP contribution is -2.50. The zero-order chi connectivity index (χ0) is 19.2. The lowest BCUT2D eigenvalue weighted by atomic mass is 10.1. The molecule has 2 heterocycles. The number of hydrogen-bond donors (Lipinski definition) is 0. The molecule has 0 aliphatic carbocycles. The van der Waals surface area contributed by atoms with Crippen LogP contribution in [-0.4, -0.2) is 53.6 Å². The number of nitrogens with zero attached hydrogens (tertiary/aromatic N) is 2. The Bertz CT molecular complexity index is 791. The van der Waals surface area contributed by atoms with Gasteiger partial charge in [0.2, 0.25) is 5.91 Å². The number of aryl methyl sites for hydroxylation is 1. The third-order valence-electron chi connectivity index (χ3n) is 4.89. The smallest absolute Gasteiger partial charge is 0.253 e. The van der Waals surface area contributed by atoms with Crippen LogP contribution >= 0.6 is 11.3 Å². The molecule has 1 aliphatic heterocycles. The maximum Gasteiger partial charge on any atom is 0.253 e. The second kappa shape index (κ2) is 8.95. The van der Waals surface area contributed by atoms with E-state index in [1.54, 1.807) is 15.9 Å². The highest BCUT2D eigenvalue weighted by Gasteiger charge is 2.25. The first-order valence-electron chi connectivity index (χ1n) is 9.31. The first-order chi connectivity index (χ1) is 13.1. The molecule has 0 radical (unpaired) electrons. The Hall–Kier alpha value is -2.47. The van der Waals surface area contributed by atoms with Crippen molar-refractivity contribution in [3.8, 4) is 0 Å². The van der Waals surface area contributed by atoms with Crippen LogP contribution in [-0.2, 0) is 11.2 Å². The highest BCUT2D eigenvalue weighted by atomic mass is 32.1. The number of carbonyl (C=O) groups is 3. The van der Waals surface area contributed by atoms with E-state index in [-0.39, 0.29) is 30.4 Å². The average molecular weight is 385 g/mol. The molecule has 2 aromatic rings. The maximum absolute atomic E-state index is 12.6. The summed E-state index contributed by atoms with van der Waals surface area (Å²) in [6.45, 7) is 4.18. The fourth-order valence-corrected chi connectivity index (χ4v) is 3.86. The molecule has 0 bridgehead atoms. The van der Waals surface area contributed by atoms with Crippen molar-refractivity contribution >= 4 is 28.9 Å². The zero-order valence-corrected chi connectivity index (χ0v) is 16.3. The van der Waals surface area contributed by atoms with E-state index in [1.807, 2.05) is 35.7 Å². The molecule has 0 unspecified atom stereocenters. The predicted molar refractivity (Wildman–Crippen MR) is 106 cm³/mol. The van der Waals surface area contributed by atoms with Gasteiger partial charge in [0.1, 0.15) is 0 Å². The second-order valence-corrected chi connectivity index (χ2v) is 7.57. The van der Waals surface area contributed by atoms with E-state index in [1.165, 1.54) is 16.9 Å². The number of ketones is 1. The number of carbonyl (C=O) groups excluding carboxylic acids is 3. The van der Waals surface area contributed by atoms with Gasteiger partial charge in [0, 0.05) is 44.6 Å². The lowest BCUT2D eigenvalue weighted by molar-refractivity contribution is -0.132. The van der Waals surface area contributed by atoms with Gasteiger partial charge in [-0.3, -0.25) is 14.4 Å². The molecule has 0 N–H and O–H groups in total. The predicted octanol–water partition coefficient (Wildman–Crippen LogP) is 3.26. The summed E-state index contributed by atoms with van der Waals surface area (Å²) < 4.78 is 0. The fourth-order valence-electron chi connectivity index (χ4n) is 3.16. The number of benzene rings is 1. The molecule has 3 rings (SSSR count). The van der Waals surface area contributed by atoms with Crippen LogP contribution in [0.5, 0.6) is 0 Å². The topological polar surface area (TPSA) is 57.7 Å². The molecule has 0 atom stereocenters. The molecule has 1 aromatic heterocycles. The van der Waals surface area contributed by atoms with Crippen LogP contribution in [0.1, 0.15) is 45.4 Å². The molecular weight excluding hydrogens is 360 g/mol. The molecular formula is C21H24N2O3S. The van der Waals surface area contributed by atoms with E-state index in [9.17, 15) is 14.4 Å². The van der Waals surface area contributed by atoms with E-state index in [0.29, 0.717) is 36.6 Å². The van der Waals surface area contributed by atoms with Crippen LogP contribution in [0.15, 0.2) is 41.8 Å². The van der Waals surface area contributed by atoms with Crippen molar-refractivity contribution in [1.82, 2.24) is 9.80 Å². The SMILES string of the molecule is CCc1ccc(C(=O)N2CCN(C(=O)CCC(=O)c3cccs3)CC2)cc1. The number of rotatable bonds is 6. The first kappa shape index (κ1) is 19.3. The fraction of sp³-hybridized carbons (Fsp3) is 0.381. The second-order valence-electron chi connectivity index (χ2n) is 6.62. The van der Waals surface area contributed by atoms with Gasteiger partial charge in [-0.05, 0) is 35.6 Å². The van der Waals surface area contributed by atoms with Crippen molar-refractivity contribution in [3.05, 3.63) is 57.8 Å². The molecule has 0 spiro atoms. The minimum Gasteiger partial charge on any atom is -0.339 e. The average Bonchev–Trinajstić information content (AvgIpc) is 3.26. The Morgan fingerprint density at radius 1 is 0.926 bits per heavy atom. The normalized spacial score (nSPS) is 14.3. The van der Waals surface area contributed by atoms with Crippen LogP contribution in [0.4, 0.5) is 0 Å². The number of amides is 2. The monoisotopic (exact) mass is 384 g/mol. The Labute approximate surface area is 163 Å². The van der Waals surface area contributed by atoms with E-state index in [4.69, 9.17) is 0 Å². The number of Topliss-reactive ketones (excluding diaryl/α,β-unsaturated/α-hetero) is 1. The number of piperazine rings is 1. The highest BCUT2D eigenvalue weighted by molar-refractivity contribution is 7.12. The van der Waals surface area contributed by atoms with Gasteiger partial charge in [-0.15, -0.1) is 11.3 Å².